The van der Waals surface area contributed by atoms with Crippen molar-refractivity contribution in [2.45, 2.75) is 76.7 Å². The van der Waals surface area contributed by atoms with Crippen LogP contribution in [-0.4, -0.2) is 70.7 Å². The number of aliphatic hydroxyl groups is 1. The van der Waals surface area contributed by atoms with E-state index in [0.717, 1.165) is 12.0 Å². The van der Waals surface area contributed by atoms with Crippen molar-refractivity contribution in [3.63, 3.8) is 0 Å². The summed E-state index contributed by atoms with van der Waals surface area (Å²) in [4.78, 5) is 50.1. The van der Waals surface area contributed by atoms with E-state index < -0.39 is 54.0 Å². The van der Waals surface area contributed by atoms with Gasteiger partial charge in [-0.15, -0.1) is 0 Å². The fraction of sp³-hybridized carbons (Fsp3) is 0.583. The zero-order valence-corrected chi connectivity index (χ0v) is 20.6. The fourth-order valence-electron chi connectivity index (χ4n) is 3.40. The van der Waals surface area contributed by atoms with Gasteiger partial charge >= 0.3 is 5.97 Å². The van der Waals surface area contributed by atoms with Crippen LogP contribution in [0.15, 0.2) is 30.3 Å². The molecule has 0 aromatic heterocycles. The Bertz CT molecular complexity index is 833. The summed E-state index contributed by atoms with van der Waals surface area (Å²) in [5.74, 6) is -3.60. The van der Waals surface area contributed by atoms with Crippen molar-refractivity contribution in [1.29, 1.82) is 0 Å². The Morgan fingerprint density at radius 3 is 2.00 bits per heavy atom. The molecule has 0 spiro atoms. The van der Waals surface area contributed by atoms with Gasteiger partial charge in [-0.3, -0.25) is 14.4 Å². The average molecular weight is 494 g/mol. The number of aliphatic hydroxyl groups excluding tert-OH is 1. The van der Waals surface area contributed by atoms with Gasteiger partial charge in [0, 0.05) is 6.42 Å². The summed E-state index contributed by atoms with van der Waals surface area (Å²) in [6.07, 6.45) is 0.548. The molecule has 5 unspecified atom stereocenters. The van der Waals surface area contributed by atoms with E-state index in [1.54, 1.807) is 44.2 Å². The predicted molar refractivity (Wildman–Crippen MR) is 131 cm³/mol. The molecule has 35 heavy (non-hydrogen) atoms. The number of carboxylic acids is 1. The first kappa shape index (κ1) is 30.0. The Labute approximate surface area is 206 Å². The summed E-state index contributed by atoms with van der Waals surface area (Å²) in [6.45, 7) is 5.22. The number of carbonyl (C=O) groups excluding carboxylic acids is 3. The molecular formula is C24H39N5O6. The molecule has 11 heteroatoms. The van der Waals surface area contributed by atoms with Gasteiger partial charge in [0.05, 0.1) is 12.1 Å². The quantitative estimate of drug-likeness (QED) is 0.155. The summed E-state index contributed by atoms with van der Waals surface area (Å²) < 4.78 is 0. The van der Waals surface area contributed by atoms with Crippen molar-refractivity contribution in [2.75, 3.05) is 6.54 Å². The van der Waals surface area contributed by atoms with Crippen LogP contribution in [0.5, 0.6) is 0 Å². The van der Waals surface area contributed by atoms with Crippen LogP contribution in [0, 0.1) is 5.92 Å². The number of nitrogens with two attached hydrogens (primary N) is 2. The molecule has 0 bridgehead atoms. The van der Waals surface area contributed by atoms with Crippen LogP contribution < -0.4 is 27.4 Å². The van der Waals surface area contributed by atoms with Crippen LogP contribution in [0.25, 0.3) is 0 Å². The van der Waals surface area contributed by atoms with E-state index in [0.29, 0.717) is 19.4 Å². The smallest absolute Gasteiger partial charge is 0.328 e. The maximum Gasteiger partial charge on any atom is 0.328 e. The van der Waals surface area contributed by atoms with Gasteiger partial charge in [0.25, 0.3) is 0 Å². The first-order chi connectivity index (χ1) is 16.5. The van der Waals surface area contributed by atoms with Crippen LogP contribution in [0.2, 0.25) is 0 Å². The Hall–Kier alpha value is -3.02. The zero-order valence-electron chi connectivity index (χ0n) is 20.6. The number of carboxylic acid groups (broad SMARTS) is 1. The Morgan fingerprint density at radius 1 is 0.886 bits per heavy atom. The molecule has 1 aromatic rings. The molecule has 0 heterocycles. The molecule has 196 valence electrons. The second-order valence-electron chi connectivity index (χ2n) is 8.94. The molecule has 0 aliphatic carbocycles. The largest absolute Gasteiger partial charge is 0.480 e. The predicted octanol–water partition coefficient (Wildman–Crippen LogP) is -0.739. The molecule has 0 aliphatic heterocycles. The first-order valence-electron chi connectivity index (χ1n) is 11.8. The number of hydrogen-bond acceptors (Lipinski definition) is 7. The number of rotatable bonds is 15. The van der Waals surface area contributed by atoms with E-state index in [4.69, 9.17) is 11.5 Å². The highest BCUT2D eigenvalue weighted by Gasteiger charge is 2.33. The normalized spacial score (nSPS) is 15.4. The molecule has 3 amide bonds. The van der Waals surface area contributed by atoms with Crippen molar-refractivity contribution in [1.82, 2.24) is 16.0 Å². The number of carbonyl (C=O) groups is 4. The topological polar surface area (TPSA) is 197 Å². The standard InChI is InChI=1S/C24H39N5O6/c1-14(2)19(28-21(31)17(26)11-7-8-12-25)23(33)27-18(13-16-9-5-4-6-10-16)22(32)29-20(15(3)30)24(34)35/h4-6,9-10,14-15,17-20,30H,7-8,11-13,25-26H2,1-3H3,(H,27,33)(H,28,31)(H,29,32)(H,34,35). The zero-order chi connectivity index (χ0) is 26.5. The third kappa shape index (κ3) is 10.4. The number of hydrogen-bond donors (Lipinski definition) is 7. The number of amides is 3. The molecule has 0 saturated carbocycles. The summed E-state index contributed by atoms with van der Waals surface area (Å²) in [7, 11) is 0. The van der Waals surface area contributed by atoms with E-state index in [9.17, 15) is 29.4 Å². The van der Waals surface area contributed by atoms with E-state index in [-0.39, 0.29) is 12.3 Å². The maximum absolute atomic E-state index is 13.1. The highest BCUT2D eigenvalue weighted by Crippen LogP contribution is 2.08. The Balaban J connectivity index is 3.02. The van der Waals surface area contributed by atoms with E-state index >= 15 is 0 Å². The fourth-order valence-corrected chi connectivity index (χ4v) is 3.40. The van der Waals surface area contributed by atoms with Crippen LogP contribution in [0.4, 0.5) is 0 Å². The number of unbranched alkanes of at least 4 members (excludes halogenated alkanes) is 1. The first-order valence-corrected chi connectivity index (χ1v) is 11.8. The minimum atomic E-state index is -1.55. The Morgan fingerprint density at radius 2 is 1.49 bits per heavy atom. The second-order valence-corrected chi connectivity index (χ2v) is 8.94. The molecule has 0 radical (unpaired) electrons. The molecule has 5 atom stereocenters. The van der Waals surface area contributed by atoms with Crippen molar-refractivity contribution in [2.24, 2.45) is 17.4 Å². The molecule has 9 N–H and O–H groups in total. The summed E-state index contributed by atoms with van der Waals surface area (Å²) in [5.41, 5.74) is 12.1. The SMILES string of the molecule is CC(C)C(NC(=O)C(N)CCCCN)C(=O)NC(Cc1ccccc1)C(=O)NC(C(=O)O)C(C)O. The number of nitrogens with one attached hydrogen (secondary N) is 3. The van der Waals surface area contributed by atoms with Gasteiger partial charge in [-0.2, -0.15) is 0 Å². The minimum Gasteiger partial charge on any atom is -0.480 e. The van der Waals surface area contributed by atoms with Crippen LogP contribution in [0.3, 0.4) is 0 Å². The number of benzene rings is 1. The molecule has 0 saturated heterocycles. The van der Waals surface area contributed by atoms with Gasteiger partial charge < -0.3 is 37.6 Å². The van der Waals surface area contributed by atoms with Gasteiger partial charge in [0.1, 0.15) is 12.1 Å². The lowest BCUT2D eigenvalue weighted by Crippen LogP contribution is -2.59. The van der Waals surface area contributed by atoms with Crippen LogP contribution >= 0.6 is 0 Å². The third-order valence-electron chi connectivity index (χ3n) is 5.51. The van der Waals surface area contributed by atoms with Gasteiger partial charge in [-0.05, 0) is 37.8 Å². The van der Waals surface area contributed by atoms with Crippen molar-refractivity contribution < 1.29 is 29.4 Å². The highest BCUT2D eigenvalue weighted by atomic mass is 16.4. The second kappa shape index (κ2) is 15.1. The van der Waals surface area contributed by atoms with Gasteiger partial charge in [-0.25, -0.2) is 4.79 Å². The molecule has 1 aromatic carbocycles. The van der Waals surface area contributed by atoms with Crippen LogP contribution in [0.1, 0.15) is 45.6 Å². The lowest BCUT2D eigenvalue weighted by Gasteiger charge is -2.27. The summed E-state index contributed by atoms with van der Waals surface area (Å²) in [5, 5.41) is 26.6. The molecule has 0 aliphatic rings. The molecule has 1 rings (SSSR count). The maximum atomic E-state index is 13.1. The summed E-state index contributed by atoms with van der Waals surface area (Å²) in [6, 6.07) is 4.38. The van der Waals surface area contributed by atoms with Gasteiger partial charge in [-0.1, -0.05) is 50.6 Å². The third-order valence-corrected chi connectivity index (χ3v) is 5.51. The van der Waals surface area contributed by atoms with Crippen molar-refractivity contribution in [3.8, 4) is 0 Å². The molecule has 11 nitrogen and oxygen atoms in total. The minimum absolute atomic E-state index is 0.0714. The lowest BCUT2D eigenvalue weighted by molar-refractivity contribution is -0.145. The van der Waals surface area contributed by atoms with Crippen molar-refractivity contribution in [3.05, 3.63) is 35.9 Å². The highest BCUT2D eigenvalue weighted by molar-refractivity contribution is 5.94. The lowest BCUT2D eigenvalue weighted by atomic mass is 10.00. The van der Waals surface area contributed by atoms with E-state index in [1.807, 2.05) is 0 Å². The van der Waals surface area contributed by atoms with E-state index in [1.165, 1.54) is 6.92 Å². The Kier molecular flexibility index (Phi) is 12.9. The summed E-state index contributed by atoms with van der Waals surface area (Å²) >= 11 is 0. The van der Waals surface area contributed by atoms with E-state index in [2.05, 4.69) is 16.0 Å². The molecular weight excluding hydrogens is 454 g/mol. The number of aliphatic carboxylic acids is 1. The van der Waals surface area contributed by atoms with Crippen molar-refractivity contribution >= 4 is 23.7 Å². The van der Waals surface area contributed by atoms with Gasteiger partial charge in [0.2, 0.25) is 17.7 Å². The van der Waals surface area contributed by atoms with Crippen LogP contribution in [-0.2, 0) is 25.6 Å². The monoisotopic (exact) mass is 493 g/mol. The molecule has 0 fully saturated rings. The van der Waals surface area contributed by atoms with Gasteiger partial charge in [0.15, 0.2) is 6.04 Å². The average Bonchev–Trinajstić information content (AvgIpc) is 2.80.